The third-order valence-electron chi connectivity index (χ3n) is 2.04. The third kappa shape index (κ3) is 1.74. The number of benzene rings is 1. The molecule has 0 atom stereocenters. The van der Waals surface area contributed by atoms with Crippen molar-refractivity contribution in [1.82, 2.24) is 4.98 Å². The molecule has 0 fully saturated rings. The molecule has 1 aromatic carbocycles. The monoisotopic (exact) mass is 185 g/mol. The maximum absolute atomic E-state index is 5.04. The van der Waals surface area contributed by atoms with Gasteiger partial charge in [-0.1, -0.05) is 30.3 Å². The Morgan fingerprint density at radius 3 is 2.36 bits per heavy atom. The quantitative estimate of drug-likeness (QED) is 0.717. The van der Waals surface area contributed by atoms with Gasteiger partial charge in [0.25, 0.3) is 0 Å². The molecular weight excluding hydrogens is 174 g/mol. The van der Waals surface area contributed by atoms with Gasteiger partial charge >= 0.3 is 0 Å². The molecule has 0 aliphatic rings. The zero-order valence-corrected chi connectivity index (χ0v) is 7.97. The standard InChI is InChI=1S/C12H11NO/c1-14-11-7-8-12(13-9-11)10-5-3-2-4-6-10/h2-9H,1H3. The van der Waals surface area contributed by atoms with Gasteiger partial charge in [0.05, 0.1) is 19.0 Å². The van der Waals surface area contributed by atoms with Gasteiger partial charge in [-0.15, -0.1) is 0 Å². The normalized spacial score (nSPS) is 9.79. The average Bonchev–Trinajstić information content (AvgIpc) is 2.30. The van der Waals surface area contributed by atoms with E-state index in [-0.39, 0.29) is 0 Å². The minimum atomic E-state index is 0.782. The minimum absolute atomic E-state index is 0.782. The number of hydrogen-bond donors (Lipinski definition) is 0. The van der Waals surface area contributed by atoms with Gasteiger partial charge in [-0.05, 0) is 12.1 Å². The van der Waals surface area contributed by atoms with E-state index in [1.807, 2.05) is 42.5 Å². The number of pyridine rings is 1. The van der Waals surface area contributed by atoms with Gasteiger partial charge in [0.2, 0.25) is 0 Å². The van der Waals surface area contributed by atoms with Crippen molar-refractivity contribution >= 4 is 0 Å². The molecule has 14 heavy (non-hydrogen) atoms. The van der Waals surface area contributed by atoms with E-state index in [4.69, 9.17) is 4.74 Å². The number of rotatable bonds is 2. The zero-order valence-electron chi connectivity index (χ0n) is 7.97. The molecule has 2 heteroatoms. The van der Waals surface area contributed by atoms with Gasteiger partial charge in [0.1, 0.15) is 5.75 Å². The van der Waals surface area contributed by atoms with E-state index < -0.39 is 0 Å². The molecule has 0 saturated heterocycles. The highest BCUT2D eigenvalue weighted by Crippen LogP contribution is 2.18. The molecule has 0 amide bonds. The first-order valence-electron chi connectivity index (χ1n) is 4.45. The minimum Gasteiger partial charge on any atom is -0.495 e. The van der Waals surface area contributed by atoms with E-state index in [0.29, 0.717) is 0 Å². The van der Waals surface area contributed by atoms with Gasteiger partial charge in [0.15, 0.2) is 0 Å². The topological polar surface area (TPSA) is 22.1 Å². The number of aromatic nitrogens is 1. The molecule has 2 aromatic rings. The van der Waals surface area contributed by atoms with Crippen LogP contribution in [0.15, 0.2) is 48.7 Å². The molecule has 0 aliphatic carbocycles. The van der Waals surface area contributed by atoms with Crippen LogP contribution in [0.1, 0.15) is 0 Å². The summed E-state index contributed by atoms with van der Waals surface area (Å²) in [5.41, 5.74) is 2.08. The SMILES string of the molecule is COc1ccc(-c2ccccc2)nc1. The fourth-order valence-corrected chi connectivity index (χ4v) is 1.28. The number of ether oxygens (including phenoxy) is 1. The highest BCUT2D eigenvalue weighted by atomic mass is 16.5. The first-order valence-corrected chi connectivity index (χ1v) is 4.45. The first kappa shape index (κ1) is 8.75. The van der Waals surface area contributed by atoms with Crippen LogP contribution in [-0.2, 0) is 0 Å². The van der Waals surface area contributed by atoms with Crippen LogP contribution in [0, 0.1) is 0 Å². The number of hydrogen-bond acceptors (Lipinski definition) is 2. The lowest BCUT2D eigenvalue weighted by Crippen LogP contribution is -1.86. The molecule has 0 N–H and O–H groups in total. The van der Waals surface area contributed by atoms with Gasteiger partial charge in [-0.2, -0.15) is 0 Å². The molecule has 0 saturated carbocycles. The lowest BCUT2D eigenvalue weighted by Gasteiger charge is -2.01. The van der Waals surface area contributed by atoms with E-state index in [0.717, 1.165) is 17.0 Å². The van der Waals surface area contributed by atoms with E-state index in [9.17, 15) is 0 Å². The van der Waals surface area contributed by atoms with Crippen molar-refractivity contribution in [3.05, 3.63) is 48.7 Å². The van der Waals surface area contributed by atoms with Crippen LogP contribution < -0.4 is 4.74 Å². The van der Waals surface area contributed by atoms with Crippen molar-refractivity contribution in [3.63, 3.8) is 0 Å². The molecule has 0 unspecified atom stereocenters. The summed E-state index contributed by atoms with van der Waals surface area (Å²) in [5, 5.41) is 0. The Kier molecular flexibility index (Phi) is 2.45. The average molecular weight is 185 g/mol. The third-order valence-corrected chi connectivity index (χ3v) is 2.04. The fourth-order valence-electron chi connectivity index (χ4n) is 1.28. The molecule has 2 rings (SSSR count). The Balaban J connectivity index is 2.34. The Morgan fingerprint density at radius 1 is 1.00 bits per heavy atom. The molecule has 0 radical (unpaired) electrons. The summed E-state index contributed by atoms with van der Waals surface area (Å²) >= 11 is 0. The Morgan fingerprint density at radius 2 is 1.79 bits per heavy atom. The maximum Gasteiger partial charge on any atom is 0.137 e. The highest BCUT2D eigenvalue weighted by molar-refractivity contribution is 5.58. The van der Waals surface area contributed by atoms with Gasteiger partial charge < -0.3 is 4.74 Å². The van der Waals surface area contributed by atoms with E-state index in [1.54, 1.807) is 13.3 Å². The van der Waals surface area contributed by atoms with Crippen molar-refractivity contribution in [1.29, 1.82) is 0 Å². The van der Waals surface area contributed by atoms with Crippen LogP contribution in [0.3, 0.4) is 0 Å². The number of nitrogens with zero attached hydrogens (tertiary/aromatic N) is 1. The van der Waals surface area contributed by atoms with E-state index in [1.165, 1.54) is 0 Å². The summed E-state index contributed by atoms with van der Waals surface area (Å²) in [5.74, 6) is 0.782. The van der Waals surface area contributed by atoms with Crippen LogP contribution in [0.4, 0.5) is 0 Å². The fraction of sp³-hybridized carbons (Fsp3) is 0.0833. The predicted octanol–water partition coefficient (Wildman–Crippen LogP) is 2.76. The number of methoxy groups -OCH3 is 1. The van der Waals surface area contributed by atoms with Crippen LogP contribution in [0.5, 0.6) is 5.75 Å². The van der Waals surface area contributed by atoms with E-state index in [2.05, 4.69) is 4.98 Å². The molecule has 0 bridgehead atoms. The van der Waals surface area contributed by atoms with Crippen molar-refractivity contribution < 1.29 is 4.74 Å². The van der Waals surface area contributed by atoms with Crippen LogP contribution in [0.2, 0.25) is 0 Å². The lowest BCUT2D eigenvalue weighted by atomic mass is 10.1. The van der Waals surface area contributed by atoms with Gasteiger partial charge in [0, 0.05) is 5.56 Å². The summed E-state index contributed by atoms with van der Waals surface area (Å²) < 4.78 is 5.04. The summed E-state index contributed by atoms with van der Waals surface area (Å²) in [7, 11) is 1.64. The van der Waals surface area contributed by atoms with Crippen LogP contribution in [0.25, 0.3) is 11.3 Å². The lowest BCUT2D eigenvalue weighted by molar-refractivity contribution is 0.413. The van der Waals surface area contributed by atoms with E-state index >= 15 is 0 Å². The molecule has 0 aliphatic heterocycles. The molecule has 1 aromatic heterocycles. The molecular formula is C12H11NO. The van der Waals surface area contributed by atoms with Gasteiger partial charge in [-0.3, -0.25) is 4.98 Å². The van der Waals surface area contributed by atoms with Crippen molar-refractivity contribution in [2.45, 2.75) is 0 Å². The zero-order chi connectivity index (χ0) is 9.80. The second kappa shape index (κ2) is 3.92. The predicted molar refractivity (Wildman–Crippen MR) is 56.2 cm³/mol. The summed E-state index contributed by atoms with van der Waals surface area (Å²) in [4.78, 5) is 4.29. The first-order chi connectivity index (χ1) is 6.90. The smallest absolute Gasteiger partial charge is 0.137 e. The van der Waals surface area contributed by atoms with Crippen molar-refractivity contribution in [3.8, 4) is 17.0 Å². The van der Waals surface area contributed by atoms with Crippen LogP contribution >= 0.6 is 0 Å². The van der Waals surface area contributed by atoms with Crippen molar-refractivity contribution in [2.24, 2.45) is 0 Å². The van der Waals surface area contributed by atoms with Crippen LogP contribution in [-0.4, -0.2) is 12.1 Å². The second-order valence-corrected chi connectivity index (χ2v) is 2.95. The molecule has 0 spiro atoms. The van der Waals surface area contributed by atoms with Gasteiger partial charge in [-0.25, -0.2) is 0 Å². The summed E-state index contributed by atoms with van der Waals surface area (Å²) in [6.07, 6.45) is 1.72. The molecule has 1 heterocycles. The Labute approximate surface area is 83.2 Å². The maximum atomic E-state index is 5.04. The molecule has 2 nitrogen and oxygen atoms in total. The Hall–Kier alpha value is -1.83. The highest BCUT2D eigenvalue weighted by Gasteiger charge is 1.97. The Bertz CT molecular complexity index is 394. The summed E-state index contributed by atoms with van der Waals surface area (Å²) in [6, 6.07) is 13.9. The van der Waals surface area contributed by atoms with Crippen molar-refractivity contribution in [2.75, 3.05) is 7.11 Å². The second-order valence-electron chi connectivity index (χ2n) is 2.95. The molecule has 70 valence electrons. The largest absolute Gasteiger partial charge is 0.495 e. The summed E-state index contributed by atoms with van der Waals surface area (Å²) in [6.45, 7) is 0.